The summed E-state index contributed by atoms with van der Waals surface area (Å²) < 4.78 is 25.2. The van der Waals surface area contributed by atoms with Crippen LogP contribution >= 0.6 is 0 Å². The van der Waals surface area contributed by atoms with Crippen molar-refractivity contribution < 1.29 is 13.5 Å². The molecule has 0 aliphatic carbocycles. The van der Waals surface area contributed by atoms with Gasteiger partial charge >= 0.3 is 0 Å². The molecule has 2 aromatic rings. The fourth-order valence-electron chi connectivity index (χ4n) is 2.36. The van der Waals surface area contributed by atoms with Crippen LogP contribution in [0, 0.1) is 0 Å². The maximum absolute atomic E-state index is 12.6. The molecular weight excluding hydrogens is 262 g/mol. The Bertz CT molecular complexity index is 753. The van der Waals surface area contributed by atoms with E-state index in [0.717, 1.165) is 0 Å². The highest BCUT2D eigenvalue weighted by Gasteiger charge is 2.32. The number of aliphatic hydroxyl groups excluding tert-OH is 1. The number of benzene rings is 2. The summed E-state index contributed by atoms with van der Waals surface area (Å²) in [4.78, 5) is 2.41. The zero-order chi connectivity index (χ0) is 13.6. The molecule has 0 amide bonds. The molecule has 98 valence electrons. The lowest BCUT2D eigenvalue weighted by Gasteiger charge is -2.29. The zero-order valence-electron chi connectivity index (χ0n) is 10.4. The van der Waals surface area contributed by atoms with Crippen molar-refractivity contribution >= 4 is 21.2 Å². The molecule has 1 N–H and O–H groups in total. The summed E-state index contributed by atoms with van der Waals surface area (Å²) in [5, 5.41) is 9.16. The van der Waals surface area contributed by atoms with E-state index >= 15 is 0 Å². The zero-order valence-corrected chi connectivity index (χ0v) is 11.2. The predicted octanol–water partition coefficient (Wildman–Crippen LogP) is 2.09. The molecule has 0 atom stereocenters. The number of hydrogen-bond donors (Lipinski definition) is 1. The number of anilines is 2. The number of nitrogens with zero attached hydrogens (tertiary/aromatic N) is 1. The van der Waals surface area contributed by atoms with Crippen LogP contribution in [0.15, 0.2) is 52.3 Å². The summed E-state index contributed by atoms with van der Waals surface area (Å²) in [5.74, 6) is 0. The molecule has 4 nitrogen and oxygen atoms in total. The van der Waals surface area contributed by atoms with Gasteiger partial charge in [-0.2, -0.15) is 0 Å². The first-order chi connectivity index (χ1) is 9.05. The van der Waals surface area contributed by atoms with E-state index in [1.54, 1.807) is 30.3 Å². The molecular formula is C14H13NO3S. The van der Waals surface area contributed by atoms with Gasteiger partial charge in [-0.15, -0.1) is 0 Å². The maximum Gasteiger partial charge on any atom is 0.210 e. The van der Waals surface area contributed by atoms with E-state index in [0.29, 0.717) is 21.8 Å². The van der Waals surface area contributed by atoms with E-state index in [9.17, 15) is 8.42 Å². The molecule has 0 saturated heterocycles. The van der Waals surface area contributed by atoms with Crippen LogP contribution in [-0.2, 0) is 16.4 Å². The minimum atomic E-state index is -3.52. The summed E-state index contributed by atoms with van der Waals surface area (Å²) in [6, 6.07) is 11.9. The standard InChI is InChI=1S/C14H13NO3S/c1-15-11-4-2-3-5-13(11)19(17,18)14-8-10(9-16)6-7-12(14)15/h2-8,16H,9H2,1H3. The van der Waals surface area contributed by atoms with E-state index in [2.05, 4.69) is 0 Å². The predicted molar refractivity (Wildman–Crippen MR) is 72.3 cm³/mol. The molecule has 1 heterocycles. The molecule has 0 unspecified atom stereocenters. The first kappa shape index (κ1) is 12.2. The minimum absolute atomic E-state index is 0.172. The summed E-state index contributed by atoms with van der Waals surface area (Å²) >= 11 is 0. The third kappa shape index (κ3) is 1.66. The lowest BCUT2D eigenvalue weighted by molar-refractivity contribution is 0.281. The fraction of sp³-hybridized carbons (Fsp3) is 0.143. The highest BCUT2D eigenvalue weighted by molar-refractivity contribution is 7.92. The highest BCUT2D eigenvalue weighted by atomic mass is 32.2. The molecule has 0 radical (unpaired) electrons. The van der Waals surface area contributed by atoms with Gasteiger partial charge in [-0.05, 0) is 29.8 Å². The molecule has 2 aromatic carbocycles. The Morgan fingerprint density at radius 1 is 1.05 bits per heavy atom. The van der Waals surface area contributed by atoms with Gasteiger partial charge in [0.25, 0.3) is 0 Å². The number of hydrogen-bond acceptors (Lipinski definition) is 4. The molecule has 19 heavy (non-hydrogen) atoms. The lowest BCUT2D eigenvalue weighted by atomic mass is 10.2. The molecule has 5 heteroatoms. The first-order valence-corrected chi connectivity index (χ1v) is 7.35. The molecule has 1 aliphatic heterocycles. The van der Waals surface area contributed by atoms with Crippen molar-refractivity contribution in [3.05, 3.63) is 48.0 Å². The third-order valence-electron chi connectivity index (χ3n) is 3.37. The van der Waals surface area contributed by atoms with E-state index in [1.165, 1.54) is 6.07 Å². The third-order valence-corrected chi connectivity index (χ3v) is 5.20. The largest absolute Gasteiger partial charge is 0.392 e. The van der Waals surface area contributed by atoms with Gasteiger partial charge in [-0.25, -0.2) is 8.42 Å². The van der Waals surface area contributed by atoms with Crippen molar-refractivity contribution in [3.8, 4) is 0 Å². The van der Waals surface area contributed by atoms with E-state index in [1.807, 2.05) is 18.0 Å². The van der Waals surface area contributed by atoms with Crippen LogP contribution in [0.2, 0.25) is 0 Å². The van der Waals surface area contributed by atoms with Gasteiger partial charge in [0, 0.05) is 7.05 Å². The van der Waals surface area contributed by atoms with Gasteiger partial charge in [0.05, 0.1) is 27.8 Å². The number of aliphatic hydroxyl groups is 1. The Hall–Kier alpha value is -1.85. The smallest absolute Gasteiger partial charge is 0.210 e. The number of para-hydroxylation sites is 1. The number of fused-ring (bicyclic) bond motifs is 2. The van der Waals surface area contributed by atoms with E-state index in [-0.39, 0.29) is 11.5 Å². The Labute approximate surface area is 111 Å². The Morgan fingerprint density at radius 3 is 2.47 bits per heavy atom. The first-order valence-electron chi connectivity index (χ1n) is 5.87. The van der Waals surface area contributed by atoms with Crippen LogP contribution in [0.4, 0.5) is 11.4 Å². The molecule has 0 fully saturated rings. The van der Waals surface area contributed by atoms with Gasteiger partial charge in [0.1, 0.15) is 0 Å². The summed E-state index contributed by atoms with van der Waals surface area (Å²) in [5.41, 5.74) is 1.90. The molecule has 0 saturated carbocycles. The Balaban J connectivity index is 2.35. The Morgan fingerprint density at radius 2 is 1.74 bits per heavy atom. The summed E-state index contributed by atoms with van der Waals surface area (Å²) in [6.45, 7) is -0.172. The highest BCUT2D eigenvalue weighted by Crippen LogP contribution is 2.43. The molecule has 0 aromatic heterocycles. The molecule has 1 aliphatic rings. The molecule has 0 spiro atoms. The Kier molecular flexibility index (Phi) is 2.62. The average Bonchev–Trinajstić information content (AvgIpc) is 2.45. The average molecular weight is 275 g/mol. The number of sulfone groups is 1. The van der Waals surface area contributed by atoms with Gasteiger partial charge in [0.2, 0.25) is 9.84 Å². The monoisotopic (exact) mass is 275 g/mol. The maximum atomic E-state index is 12.6. The van der Waals surface area contributed by atoms with Crippen molar-refractivity contribution in [3.63, 3.8) is 0 Å². The van der Waals surface area contributed by atoms with Crippen LogP contribution in [0.1, 0.15) is 5.56 Å². The topological polar surface area (TPSA) is 57.6 Å². The minimum Gasteiger partial charge on any atom is -0.392 e. The lowest BCUT2D eigenvalue weighted by Crippen LogP contribution is -2.22. The van der Waals surface area contributed by atoms with Crippen LogP contribution in [0.5, 0.6) is 0 Å². The second kappa shape index (κ2) is 4.08. The van der Waals surface area contributed by atoms with Crippen molar-refractivity contribution in [2.75, 3.05) is 11.9 Å². The van der Waals surface area contributed by atoms with Crippen LogP contribution in [0.25, 0.3) is 0 Å². The summed E-state index contributed by atoms with van der Waals surface area (Å²) in [6.07, 6.45) is 0. The molecule has 0 bridgehead atoms. The quantitative estimate of drug-likeness (QED) is 0.866. The second-order valence-electron chi connectivity index (χ2n) is 4.49. The van der Waals surface area contributed by atoms with Crippen molar-refractivity contribution in [2.24, 2.45) is 0 Å². The van der Waals surface area contributed by atoms with Gasteiger partial charge in [-0.3, -0.25) is 0 Å². The number of rotatable bonds is 1. The van der Waals surface area contributed by atoms with E-state index in [4.69, 9.17) is 5.11 Å². The normalized spacial score (nSPS) is 15.8. The van der Waals surface area contributed by atoms with Crippen LogP contribution < -0.4 is 4.90 Å². The molecule has 3 rings (SSSR count). The van der Waals surface area contributed by atoms with Crippen LogP contribution in [-0.4, -0.2) is 20.6 Å². The van der Waals surface area contributed by atoms with Crippen LogP contribution in [0.3, 0.4) is 0 Å². The van der Waals surface area contributed by atoms with Crippen molar-refractivity contribution in [1.82, 2.24) is 0 Å². The second-order valence-corrected chi connectivity index (χ2v) is 6.38. The van der Waals surface area contributed by atoms with Gasteiger partial charge in [0.15, 0.2) is 0 Å². The SMILES string of the molecule is CN1c2ccccc2S(=O)(=O)c2cc(CO)ccc21. The summed E-state index contributed by atoms with van der Waals surface area (Å²) in [7, 11) is -1.68. The van der Waals surface area contributed by atoms with Gasteiger partial charge < -0.3 is 10.0 Å². The van der Waals surface area contributed by atoms with Gasteiger partial charge in [-0.1, -0.05) is 18.2 Å². The van der Waals surface area contributed by atoms with Crippen molar-refractivity contribution in [2.45, 2.75) is 16.4 Å². The van der Waals surface area contributed by atoms with E-state index < -0.39 is 9.84 Å². The van der Waals surface area contributed by atoms with Crippen molar-refractivity contribution in [1.29, 1.82) is 0 Å². The fourth-order valence-corrected chi connectivity index (χ4v) is 4.12.